The van der Waals surface area contributed by atoms with E-state index in [4.69, 9.17) is 0 Å². The first-order valence-corrected chi connectivity index (χ1v) is 10.2. The van der Waals surface area contributed by atoms with Gasteiger partial charge in [0, 0.05) is 50.6 Å². The Bertz CT molecular complexity index is 1130. The quantitative estimate of drug-likeness (QED) is 0.258. The Morgan fingerprint density at radius 1 is 1.28 bits per heavy atom. The molecule has 0 radical (unpaired) electrons. The Morgan fingerprint density at radius 3 is 2.81 bits per heavy atom. The maximum Gasteiger partial charge on any atom is 0.225 e. The van der Waals surface area contributed by atoms with Crippen molar-refractivity contribution in [2.75, 3.05) is 18.9 Å². The predicted molar refractivity (Wildman–Crippen MR) is 134 cm³/mol. The second-order valence-corrected chi connectivity index (χ2v) is 7.47. The van der Waals surface area contributed by atoms with E-state index in [1.165, 1.54) is 6.07 Å². The Morgan fingerprint density at radius 2 is 2.09 bits per heavy atom. The molecule has 3 aromatic rings. The third-order valence-corrected chi connectivity index (χ3v) is 5.40. The number of carbonyl (C=O) groups is 1. The Labute approximate surface area is 203 Å². The van der Waals surface area contributed by atoms with Gasteiger partial charge in [-0.3, -0.25) is 9.79 Å². The lowest BCUT2D eigenvalue weighted by Crippen LogP contribution is -2.40. The highest BCUT2D eigenvalue weighted by Gasteiger charge is 2.24. The molecular formula is C23H26FIN6O. The molecule has 2 aromatic carbocycles. The predicted octanol–water partition coefficient (Wildman–Crippen LogP) is 3.73. The molecule has 0 spiro atoms. The molecule has 2 heterocycles. The van der Waals surface area contributed by atoms with E-state index >= 15 is 0 Å². The fourth-order valence-corrected chi connectivity index (χ4v) is 3.80. The molecule has 0 bridgehead atoms. The summed E-state index contributed by atoms with van der Waals surface area (Å²) in [5, 5.41) is 9.39. The molecule has 3 N–H and O–H groups in total. The molecule has 1 unspecified atom stereocenters. The molecule has 9 heteroatoms. The number of nitrogens with zero attached hydrogens (tertiary/aromatic N) is 3. The van der Waals surface area contributed by atoms with Gasteiger partial charge in [-0.25, -0.2) is 9.37 Å². The van der Waals surface area contributed by atoms with E-state index in [1.54, 1.807) is 30.1 Å². The van der Waals surface area contributed by atoms with Crippen LogP contribution in [-0.4, -0.2) is 35.0 Å². The van der Waals surface area contributed by atoms with Crippen molar-refractivity contribution in [2.24, 2.45) is 4.99 Å². The van der Waals surface area contributed by atoms with E-state index in [0.29, 0.717) is 31.2 Å². The van der Waals surface area contributed by atoms with Crippen LogP contribution in [0.2, 0.25) is 0 Å². The van der Waals surface area contributed by atoms with Gasteiger partial charge in [-0.05, 0) is 36.2 Å². The third kappa shape index (κ3) is 5.26. The van der Waals surface area contributed by atoms with Gasteiger partial charge in [-0.1, -0.05) is 24.3 Å². The topological polar surface area (TPSA) is 83.3 Å². The summed E-state index contributed by atoms with van der Waals surface area (Å²) in [5.74, 6) is 1.08. The van der Waals surface area contributed by atoms with Crippen molar-refractivity contribution >= 4 is 41.5 Å². The summed E-state index contributed by atoms with van der Waals surface area (Å²) in [6, 6.07) is 13.0. The number of aryl methyl sites for hydroxylation is 1. The molecular weight excluding hydrogens is 522 g/mol. The van der Waals surface area contributed by atoms with Gasteiger partial charge in [0.2, 0.25) is 5.91 Å². The number of amides is 1. The number of hydrogen-bond donors (Lipinski definition) is 3. The molecule has 0 saturated heterocycles. The Balaban J connectivity index is 0.00000289. The lowest BCUT2D eigenvalue weighted by atomic mass is 9.90. The fourth-order valence-electron chi connectivity index (χ4n) is 3.80. The van der Waals surface area contributed by atoms with Crippen molar-refractivity contribution in [1.29, 1.82) is 0 Å². The van der Waals surface area contributed by atoms with Gasteiger partial charge in [-0.15, -0.1) is 24.0 Å². The van der Waals surface area contributed by atoms with E-state index in [9.17, 15) is 9.18 Å². The minimum Gasteiger partial charge on any atom is -0.356 e. The molecule has 0 fully saturated rings. The van der Waals surface area contributed by atoms with Crippen LogP contribution in [0.5, 0.6) is 0 Å². The zero-order valence-corrected chi connectivity index (χ0v) is 20.3. The van der Waals surface area contributed by atoms with Gasteiger partial charge in [0.25, 0.3) is 0 Å². The smallest absolute Gasteiger partial charge is 0.225 e. The molecule has 0 aliphatic carbocycles. The largest absolute Gasteiger partial charge is 0.356 e. The molecule has 1 aromatic heterocycles. The number of nitrogens with one attached hydrogen (secondary N) is 3. The molecule has 1 atom stereocenters. The second kappa shape index (κ2) is 10.6. The highest BCUT2D eigenvalue weighted by molar-refractivity contribution is 14.0. The van der Waals surface area contributed by atoms with Gasteiger partial charge in [0.05, 0.1) is 5.69 Å². The lowest BCUT2D eigenvalue weighted by Gasteiger charge is -2.26. The number of guanidine groups is 1. The van der Waals surface area contributed by atoms with Crippen LogP contribution in [0, 0.1) is 12.7 Å². The van der Waals surface area contributed by atoms with Gasteiger partial charge in [0.15, 0.2) is 5.96 Å². The van der Waals surface area contributed by atoms with E-state index in [0.717, 1.165) is 22.6 Å². The number of aromatic nitrogens is 2. The summed E-state index contributed by atoms with van der Waals surface area (Å²) < 4.78 is 16.3. The molecule has 1 aliphatic rings. The monoisotopic (exact) mass is 548 g/mol. The van der Waals surface area contributed by atoms with Crippen molar-refractivity contribution in [3.63, 3.8) is 0 Å². The van der Waals surface area contributed by atoms with Crippen molar-refractivity contribution in [3.05, 3.63) is 77.6 Å². The lowest BCUT2D eigenvalue weighted by molar-refractivity contribution is -0.116. The SMILES string of the molecule is CN=C(NCc1ccc(-n2ccnc2C)c(F)c1)NCC1CC(=O)Nc2ccccc21.I. The van der Waals surface area contributed by atoms with Crippen LogP contribution < -0.4 is 16.0 Å². The average molecular weight is 548 g/mol. The van der Waals surface area contributed by atoms with Gasteiger partial charge in [-0.2, -0.15) is 0 Å². The molecule has 4 rings (SSSR count). The van der Waals surface area contributed by atoms with E-state index in [1.807, 2.05) is 37.3 Å². The third-order valence-electron chi connectivity index (χ3n) is 5.40. The first-order valence-electron chi connectivity index (χ1n) is 10.2. The number of aliphatic imine (C=N–C) groups is 1. The first kappa shape index (κ1) is 23.7. The number of imidazole rings is 1. The van der Waals surface area contributed by atoms with Gasteiger partial charge < -0.3 is 20.5 Å². The van der Waals surface area contributed by atoms with Gasteiger partial charge >= 0.3 is 0 Å². The number of anilines is 1. The number of hydrogen-bond acceptors (Lipinski definition) is 3. The van der Waals surface area contributed by atoms with E-state index < -0.39 is 0 Å². The minimum absolute atomic E-state index is 0. The number of para-hydroxylation sites is 1. The maximum atomic E-state index is 14.6. The summed E-state index contributed by atoms with van der Waals surface area (Å²) in [5.41, 5.74) is 3.23. The number of carbonyl (C=O) groups excluding carboxylic acids is 1. The van der Waals surface area contributed by atoms with Crippen molar-refractivity contribution in [2.45, 2.75) is 25.8 Å². The molecule has 1 amide bonds. The highest BCUT2D eigenvalue weighted by Crippen LogP contribution is 2.31. The number of fused-ring (bicyclic) bond motifs is 1. The summed E-state index contributed by atoms with van der Waals surface area (Å²) in [4.78, 5) is 20.4. The van der Waals surface area contributed by atoms with Crippen LogP contribution in [-0.2, 0) is 11.3 Å². The van der Waals surface area contributed by atoms with Crippen LogP contribution in [0.15, 0.2) is 59.9 Å². The fraction of sp³-hybridized carbons (Fsp3) is 0.261. The second-order valence-electron chi connectivity index (χ2n) is 7.47. The van der Waals surface area contributed by atoms with Crippen molar-refractivity contribution in [1.82, 2.24) is 20.2 Å². The zero-order valence-electron chi connectivity index (χ0n) is 17.9. The molecule has 32 heavy (non-hydrogen) atoms. The first-order chi connectivity index (χ1) is 15.0. The van der Waals surface area contributed by atoms with Crippen LogP contribution in [0.3, 0.4) is 0 Å². The number of halogens is 2. The average Bonchev–Trinajstić information content (AvgIpc) is 3.19. The molecule has 0 saturated carbocycles. The van der Waals surface area contributed by atoms with E-state index in [-0.39, 0.29) is 41.6 Å². The van der Waals surface area contributed by atoms with Crippen LogP contribution in [0.4, 0.5) is 10.1 Å². The summed E-state index contributed by atoms with van der Waals surface area (Å²) in [6.45, 7) is 2.82. The van der Waals surface area contributed by atoms with E-state index in [2.05, 4.69) is 25.9 Å². The van der Waals surface area contributed by atoms with Crippen LogP contribution in [0.1, 0.15) is 29.3 Å². The summed E-state index contributed by atoms with van der Waals surface area (Å²) >= 11 is 0. The van der Waals surface area contributed by atoms with Crippen LogP contribution in [0.25, 0.3) is 5.69 Å². The van der Waals surface area contributed by atoms with Crippen molar-refractivity contribution < 1.29 is 9.18 Å². The Kier molecular flexibility index (Phi) is 7.84. The van der Waals surface area contributed by atoms with Crippen molar-refractivity contribution in [3.8, 4) is 5.69 Å². The minimum atomic E-state index is -0.312. The van der Waals surface area contributed by atoms with Gasteiger partial charge in [0.1, 0.15) is 11.6 Å². The summed E-state index contributed by atoms with van der Waals surface area (Å²) in [6.07, 6.45) is 3.80. The normalized spacial score (nSPS) is 15.4. The highest BCUT2D eigenvalue weighted by atomic mass is 127. The van der Waals surface area contributed by atoms with Crippen LogP contribution >= 0.6 is 24.0 Å². The number of benzene rings is 2. The molecule has 7 nitrogen and oxygen atoms in total. The number of rotatable bonds is 5. The zero-order chi connectivity index (χ0) is 21.8. The summed E-state index contributed by atoms with van der Waals surface area (Å²) in [7, 11) is 1.68. The molecule has 168 valence electrons. The maximum absolute atomic E-state index is 14.6. The molecule has 1 aliphatic heterocycles. The Hall–Kier alpha value is -2.95. The standard InChI is InChI=1S/C23H25FN6O.HI/c1-15-26-9-10-30(15)21-8-7-16(11-19(21)24)13-27-23(25-2)28-14-17-12-22(31)29-20-6-4-3-5-18(17)20;/h3-11,17H,12-14H2,1-2H3,(H,29,31)(H2,25,27,28);1H.